The van der Waals surface area contributed by atoms with Crippen molar-refractivity contribution in [3.05, 3.63) is 0 Å². The third kappa shape index (κ3) is 7.56. The molecule has 0 heterocycles. The third-order valence-corrected chi connectivity index (χ3v) is 5.11. The first kappa shape index (κ1) is 18.6. The van der Waals surface area contributed by atoms with Gasteiger partial charge in [-0.1, -0.05) is 32.1 Å². The Morgan fingerprint density at radius 2 is 1.70 bits per heavy atom. The molecule has 1 amide bonds. The molecule has 0 aromatic rings. The van der Waals surface area contributed by atoms with Gasteiger partial charge in [0.1, 0.15) is 5.60 Å². The third-order valence-electron chi connectivity index (χ3n) is 5.11. The summed E-state index contributed by atoms with van der Waals surface area (Å²) >= 11 is 0. The first-order chi connectivity index (χ1) is 10.9. The van der Waals surface area contributed by atoms with E-state index in [0.29, 0.717) is 6.04 Å². The summed E-state index contributed by atoms with van der Waals surface area (Å²) in [5.74, 6) is 0.940. The molecule has 4 heteroatoms. The van der Waals surface area contributed by atoms with Crippen LogP contribution in [0.2, 0.25) is 0 Å². The topological polar surface area (TPSA) is 50.4 Å². The van der Waals surface area contributed by atoms with Crippen LogP contribution < -0.4 is 10.6 Å². The molecule has 0 aromatic heterocycles. The van der Waals surface area contributed by atoms with Gasteiger partial charge in [-0.25, -0.2) is 4.79 Å². The average molecular weight is 325 g/mol. The molecule has 0 aliphatic heterocycles. The van der Waals surface area contributed by atoms with Gasteiger partial charge in [0.2, 0.25) is 0 Å². The molecule has 0 radical (unpaired) electrons. The second-order valence-corrected chi connectivity index (χ2v) is 8.45. The van der Waals surface area contributed by atoms with Crippen molar-refractivity contribution < 1.29 is 9.53 Å². The van der Waals surface area contributed by atoms with Crippen LogP contribution in [0, 0.1) is 5.92 Å². The zero-order valence-corrected chi connectivity index (χ0v) is 15.3. The Balaban J connectivity index is 1.63. The molecule has 2 aliphatic rings. The summed E-state index contributed by atoms with van der Waals surface area (Å²) in [5.41, 5.74) is -0.420. The molecule has 2 fully saturated rings. The van der Waals surface area contributed by atoms with E-state index in [-0.39, 0.29) is 12.1 Å². The molecule has 0 aromatic carbocycles. The first-order valence-corrected chi connectivity index (χ1v) is 9.65. The van der Waals surface area contributed by atoms with E-state index in [1.54, 1.807) is 0 Å². The second-order valence-electron chi connectivity index (χ2n) is 8.45. The van der Waals surface area contributed by atoms with Crippen LogP contribution in [-0.2, 0) is 4.74 Å². The fraction of sp³-hybridized carbons (Fsp3) is 0.947. The van der Waals surface area contributed by atoms with Gasteiger partial charge in [0.15, 0.2) is 0 Å². The minimum Gasteiger partial charge on any atom is -0.444 e. The Kier molecular flexibility index (Phi) is 7.19. The molecule has 23 heavy (non-hydrogen) atoms. The van der Waals surface area contributed by atoms with Gasteiger partial charge in [0.05, 0.1) is 0 Å². The van der Waals surface area contributed by atoms with Crippen LogP contribution in [0.1, 0.15) is 85.0 Å². The highest BCUT2D eigenvalue weighted by atomic mass is 16.6. The van der Waals surface area contributed by atoms with Crippen molar-refractivity contribution in [2.45, 2.75) is 103 Å². The van der Waals surface area contributed by atoms with Gasteiger partial charge >= 0.3 is 6.09 Å². The van der Waals surface area contributed by atoms with E-state index in [9.17, 15) is 4.79 Å². The smallest absolute Gasteiger partial charge is 0.407 e. The maximum Gasteiger partial charge on any atom is 0.407 e. The zero-order chi connectivity index (χ0) is 16.7. The van der Waals surface area contributed by atoms with Crippen molar-refractivity contribution in [1.82, 2.24) is 10.6 Å². The largest absolute Gasteiger partial charge is 0.444 e. The van der Waals surface area contributed by atoms with Crippen LogP contribution in [0.4, 0.5) is 4.79 Å². The molecule has 134 valence electrons. The number of carbonyl (C=O) groups is 1. The Hall–Kier alpha value is -0.770. The van der Waals surface area contributed by atoms with E-state index >= 15 is 0 Å². The van der Waals surface area contributed by atoms with Crippen molar-refractivity contribution in [3.63, 3.8) is 0 Å². The molecular weight excluding hydrogens is 288 g/mol. The monoisotopic (exact) mass is 324 g/mol. The highest BCUT2D eigenvalue weighted by molar-refractivity contribution is 5.68. The first-order valence-electron chi connectivity index (χ1n) is 9.65. The van der Waals surface area contributed by atoms with Gasteiger partial charge in [-0.3, -0.25) is 0 Å². The number of hydrogen-bond donors (Lipinski definition) is 2. The minimum atomic E-state index is -0.420. The van der Waals surface area contributed by atoms with Gasteiger partial charge in [0, 0.05) is 12.1 Å². The summed E-state index contributed by atoms with van der Waals surface area (Å²) in [6.07, 6.45) is 12.7. The van der Waals surface area contributed by atoms with Crippen LogP contribution >= 0.6 is 0 Å². The van der Waals surface area contributed by atoms with Gasteiger partial charge in [-0.2, -0.15) is 0 Å². The second kappa shape index (κ2) is 8.91. The lowest BCUT2D eigenvalue weighted by Crippen LogP contribution is -2.45. The van der Waals surface area contributed by atoms with Gasteiger partial charge in [0.25, 0.3) is 0 Å². The van der Waals surface area contributed by atoms with Crippen LogP contribution in [0.5, 0.6) is 0 Å². The van der Waals surface area contributed by atoms with E-state index in [1.165, 1.54) is 51.4 Å². The SMILES string of the molecule is CC(C)(C)OC(=O)NC1CCCC(NCCC2CCCCC2)C1. The lowest BCUT2D eigenvalue weighted by atomic mass is 9.86. The van der Waals surface area contributed by atoms with Crippen LogP contribution in [0.15, 0.2) is 0 Å². The summed E-state index contributed by atoms with van der Waals surface area (Å²) in [7, 11) is 0. The minimum absolute atomic E-state index is 0.255. The van der Waals surface area contributed by atoms with Gasteiger partial charge in [-0.15, -0.1) is 0 Å². The summed E-state index contributed by atoms with van der Waals surface area (Å²) in [6, 6.07) is 0.804. The van der Waals surface area contributed by atoms with E-state index < -0.39 is 5.60 Å². The molecule has 2 N–H and O–H groups in total. The summed E-state index contributed by atoms with van der Waals surface area (Å²) in [4.78, 5) is 11.9. The molecule has 0 bridgehead atoms. The molecule has 0 saturated heterocycles. The number of amides is 1. The average Bonchev–Trinajstić information content (AvgIpc) is 2.46. The van der Waals surface area contributed by atoms with E-state index in [1.807, 2.05) is 20.8 Å². The highest BCUT2D eigenvalue weighted by Gasteiger charge is 2.25. The summed E-state index contributed by atoms with van der Waals surface area (Å²) < 4.78 is 5.37. The van der Waals surface area contributed by atoms with E-state index in [4.69, 9.17) is 4.74 Å². The fourth-order valence-corrected chi connectivity index (χ4v) is 3.95. The van der Waals surface area contributed by atoms with Crippen LogP contribution in [-0.4, -0.2) is 30.3 Å². The molecule has 2 atom stereocenters. The Morgan fingerprint density at radius 3 is 2.39 bits per heavy atom. The van der Waals surface area contributed by atoms with Crippen molar-refractivity contribution in [2.24, 2.45) is 5.92 Å². The number of hydrogen-bond acceptors (Lipinski definition) is 3. The molecule has 2 saturated carbocycles. The van der Waals surface area contributed by atoms with Crippen molar-refractivity contribution in [3.8, 4) is 0 Å². The Morgan fingerprint density at radius 1 is 1.00 bits per heavy atom. The predicted octanol–water partition coefficient (Wildman–Crippen LogP) is 4.38. The number of nitrogens with one attached hydrogen (secondary N) is 2. The van der Waals surface area contributed by atoms with E-state index in [0.717, 1.165) is 25.3 Å². The zero-order valence-electron chi connectivity index (χ0n) is 15.3. The fourth-order valence-electron chi connectivity index (χ4n) is 3.95. The molecule has 4 nitrogen and oxygen atoms in total. The lowest BCUT2D eigenvalue weighted by molar-refractivity contribution is 0.0488. The number of ether oxygens (including phenoxy) is 1. The van der Waals surface area contributed by atoms with Crippen molar-refractivity contribution in [1.29, 1.82) is 0 Å². The molecule has 2 unspecified atom stereocenters. The molecular formula is C19H36N2O2. The number of alkyl carbamates (subject to hydrolysis) is 1. The van der Waals surface area contributed by atoms with Crippen LogP contribution in [0.25, 0.3) is 0 Å². The maximum atomic E-state index is 11.9. The number of carbonyl (C=O) groups excluding carboxylic acids is 1. The van der Waals surface area contributed by atoms with Crippen molar-refractivity contribution >= 4 is 6.09 Å². The number of rotatable bonds is 5. The summed E-state index contributed by atoms with van der Waals surface area (Å²) in [5, 5.41) is 6.77. The van der Waals surface area contributed by atoms with Gasteiger partial charge < -0.3 is 15.4 Å². The van der Waals surface area contributed by atoms with Gasteiger partial charge in [-0.05, 0) is 65.3 Å². The Labute approximate surface area is 142 Å². The normalized spacial score (nSPS) is 26.7. The Bertz CT molecular complexity index is 359. The van der Waals surface area contributed by atoms with Crippen molar-refractivity contribution in [2.75, 3.05) is 6.54 Å². The predicted molar refractivity (Wildman–Crippen MR) is 94.6 cm³/mol. The molecule has 2 rings (SSSR count). The molecule has 0 spiro atoms. The quantitative estimate of drug-likeness (QED) is 0.789. The standard InChI is InChI=1S/C19H36N2O2/c1-19(2,3)23-18(22)21-17-11-7-10-16(14-17)20-13-12-15-8-5-4-6-9-15/h15-17,20H,4-14H2,1-3H3,(H,21,22). The summed E-state index contributed by atoms with van der Waals surface area (Å²) in [6.45, 7) is 6.85. The maximum absolute atomic E-state index is 11.9. The van der Waals surface area contributed by atoms with Crippen LogP contribution in [0.3, 0.4) is 0 Å². The lowest BCUT2D eigenvalue weighted by Gasteiger charge is -2.32. The molecule has 2 aliphatic carbocycles. The van der Waals surface area contributed by atoms with E-state index in [2.05, 4.69) is 10.6 Å². The highest BCUT2D eigenvalue weighted by Crippen LogP contribution is 2.26.